The van der Waals surface area contributed by atoms with Crippen molar-refractivity contribution in [2.24, 2.45) is 0 Å². The zero-order valence-electron chi connectivity index (χ0n) is 13.1. The van der Waals surface area contributed by atoms with Crippen LogP contribution in [0.15, 0.2) is 22.4 Å². The van der Waals surface area contributed by atoms with Crippen molar-refractivity contribution in [1.82, 2.24) is 10.2 Å². The van der Waals surface area contributed by atoms with Crippen molar-refractivity contribution < 1.29 is 22.8 Å². The second-order valence-electron chi connectivity index (χ2n) is 5.77. The maximum Gasteiger partial charge on any atom is 0.293 e. The van der Waals surface area contributed by atoms with Crippen molar-refractivity contribution in [1.29, 1.82) is 0 Å². The van der Waals surface area contributed by atoms with Crippen LogP contribution in [0, 0.1) is 0 Å². The molecule has 1 unspecified atom stereocenters. The predicted molar refractivity (Wildman–Crippen MR) is 96.8 cm³/mol. The molecule has 0 aromatic carbocycles. The van der Waals surface area contributed by atoms with Crippen molar-refractivity contribution in [3.63, 3.8) is 0 Å². The number of thioether (sulfide) groups is 1. The van der Waals surface area contributed by atoms with Crippen LogP contribution in [0.5, 0.6) is 0 Å². The summed E-state index contributed by atoms with van der Waals surface area (Å²) < 4.78 is 22.8. The summed E-state index contributed by atoms with van der Waals surface area (Å²) in [5.74, 6) is -0.735. The fourth-order valence-corrected chi connectivity index (χ4v) is 5.88. The molecule has 3 rings (SSSR count). The van der Waals surface area contributed by atoms with Gasteiger partial charge in [-0.3, -0.25) is 19.3 Å². The summed E-state index contributed by atoms with van der Waals surface area (Å²) in [6.07, 6.45) is 2.03. The first-order valence-corrected chi connectivity index (χ1v) is 11.1. The van der Waals surface area contributed by atoms with Crippen LogP contribution in [-0.2, 0) is 19.4 Å². The highest BCUT2D eigenvalue weighted by atomic mass is 32.2. The van der Waals surface area contributed by atoms with E-state index >= 15 is 0 Å². The van der Waals surface area contributed by atoms with Gasteiger partial charge in [-0.1, -0.05) is 6.07 Å². The molecule has 25 heavy (non-hydrogen) atoms. The van der Waals surface area contributed by atoms with E-state index < -0.39 is 21.0 Å². The topological polar surface area (TPSA) is 101 Å². The molecule has 1 N–H and O–H groups in total. The lowest BCUT2D eigenvalue weighted by molar-refractivity contribution is -0.124. The molecule has 2 fully saturated rings. The van der Waals surface area contributed by atoms with E-state index in [9.17, 15) is 22.8 Å². The first-order valence-electron chi connectivity index (χ1n) is 7.63. The van der Waals surface area contributed by atoms with Crippen LogP contribution in [0.3, 0.4) is 0 Å². The number of amides is 3. The van der Waals surface area contributed by atoms with Crippen LogP contribution >= 0.6 is 23.1 Å². The number of hydrogen-bond acceptors (Lipinski definition) is 7. The summed E-state index contributed by atoms with van der Waals surface area (Å²) in [4.78, 5) is 38.5. The van der Waals surface area contributed by atoms with Crippen LogP contribution in [0.25, 0.3) is 6.08 Å². The van der Waals surface area contributed by atoms with Gasteiger partial charge in [0.05, 0.1) is 16.4 Å². The number of carbonyl (C=O) groups is 3. The Morgan fingerprint density at radius 3 is 2.84 bits per heavy atom. The monoisotopic (exact) mass is 400 g/mol. The number of rotatable bonds is 5. The third-order valence-electron chi connectivity index (χ3n) is 3.85. The summed E-state index contributed by atoms with van der Waals surface area (Å²) >= 11 is 2.32. The zero-order chi connectivity index (χ0) is 18.0. The van der Waals surface area contributed by atoms with E-state index in [0.717, 1.165) is 21.5 Å². The largest absolute Gasteiger partial charge is 0.352 e. The number of nitrogens with zero attached hydrogens (tertiary/aromatic N) is 1. The number of imide groups is 1. The van der Waals surface area contributed by atoms with Crippen molar-refractivity contribution in [3.05, 3.63) is 27.3 Å². The van der Waals surface area contributed by atoms with Crippen molar-refractivity contribution >= 4 is 56.1 Å². The van der Waals surface area contributed by atoms with Crippen LogP contribution in [0.1, 0.15) is 17.7 Å². The maximum absolute atomic E-state index is 12.3. The number of hydrogen-bond donors (Lipinski definition) is 1. The Labute approximate surface area is 153 Å². The van der Waals surface area contributed by atoms with Crippen LogP contribution < -0.4 is 5.32 Å². The second-order valence-corrected chi connectivity index (χ2v) is 9.97. The van der Waals surface area contributed by atoms with Crippen molar-refractivity contribution in [2.45, 2.75) is 18.9 Å². The molecule has 1 aromatic rings. The van der Waals surface area contributed by atoms with E-state index in [4.69, 9.17) is 0 Å². The molecule has 7 nitrogen and oxygen atoms in total. The van der Waals surface area contributed by atoms with Crippen molar-refractivity contribution in [2.75, 3.05) is 18.1 Å². The smallest absolute Gasteiger partial charge is 0.293 e. The summed E-state index contributed by atoms with van der Waals surface area (Å²) in [6, 6.07) is 3.32. The van der Waals surface area contributed by atoms with Gasteiger partial charge in [0.2, 0.25) is 5.91 Å². The van der Waals surface area contributed by atoms with Gasteiger partial charge in [0.15, 0.2) is 9.84 Å². The third-order valence-corrected chi connectivity index (χ3v) is 7.34. The number of thiophene rings is 1. The molecular weight excluding hydrogens is 384 g/mol. The van der Waals surface area contributed by atoms with Gasteiger partial charge in [-0.05, 0) is 35.7 Å². The molecule has 10 heteroatoms. The minimum absolute atomic E-state index is 0.0161. The number of carbonyl (C=O) groups excluding carboxylic acids is 3. The van der Waals surface area contributed by atoms with Gasteiger partial charge in [0.1, 0.15) is 0 Å². The molecule has 3 amide bonds. The predicted octanol–water partition coefficient (Wildman–Crippen LogP) is 1.48. The molecule has 0 aliphatic carbocycles. The van der Waals surface area contributed by atoms with E-state index in [2.05, 4.69) is 5.32 Å². The molecule has 3 heterocycles. The van der Waals surface area contributed by atoms with Gasteiger partial charge in [-0.2, -0.15) is 0 Å². The van der Waals surface area contributed by atoms with Gasteiger partial charge >= 0.3 is 0 Å². The van der Waals surface area contributed by atoms with E-state index in [1.54, 1.807) is 6.08 Å². The Morgan fingerprint density at radius 2 is 2.20 bits per heavy atom. The lowest BCUT2D eigenvalue weighted by Gasteiger charge is -2.14. The zero-order valence-corrected chi connectivity index (χ0v) is 15.6. The Kier molecular flexibility index (Phi) is 5.30. The highest BCUT2D eigenvalue weighted by molar-refractivity contribution is 8.18. The average molecular weight is 401 g/mol. The Balaban J connectivity index is 1.53. The standard InChI is InChI=1S/C15H16N2O5S3/c18-13(16-10-4-7-25(21,22)9-10)3-5-17-14(19)12(24-15(17)20)8-11-2-1-6-23-11/h1-2,6,8,10H,3-5,7,9H2,(H,16,18). The van der Waals surface area contributed by atoms with Crippen LogP contribution in [0.4, 0.5) is 4.79 Å². The van der Waals surface area contributed by atoms with Gasteiger partial charge in [-0.15, -0.1) is 11.3 Å². The molecule has 0 spiro atoms. The molecule has 2 aliphatic rings. The van der Waals surface area contributed by atoms with E-state index in [0.29, 0.717) is 11.3 Å². The lowest BCUT2D eigenvalue weighted by Crippen LogP contribution is -2.38. The molecule has 0 saturated carbocycles. The third kappa shape index (κ3) is 4.50. The molecular formula is C15H16N2O5S3. The lowest BCUT2D eigenvalue weighted by atomic mass is 10.2. The Bertz CT molecular complexity index is 829. The van der Waals surface area contributed by atoms with E-state index in [1.807, 2.05) is 17.5 Å². The fraction of sp³-hybridized carbons (Fsp3) is 0.400. The Morgan fingerprint density at radius 1 is 1.40 bits per heavy atom. The maximum atomic E-state index is 12.3. The number of sulfone groups is 1. The highest BCUT2D eigenvalue weighted by Crippen LogP contribution is 2.32. The summed E-state index contributed by atoms with van der Waals surface area (Å²) in [5.41, 5.74) is 0. The molecule has 1 atom stereocenters. The Hall–Kier alpha value is -1.65. The van der Waals surface area contributed by atoms with Crippen molar-refractivity contribution in [3.8, 4) is 0 Å². The van der Waals surface area contributed by atoms with Gasteiger partial charge in [0.25, 0.3) is 11.1 Å². The molecule has 2 saturated heterocycles. The highest BCUT2D eigenvalue weighted by Gasteiger charge is 2.35. The van der Waals surface area contributed by atoms with Gasteiger partial charge in [0, 0.05) is 23.9 Å². The summed E-state index contributed by atoms with van der Waals surface area (Å²) in [5, 5.41) is 4.13. The normalized spacial score (nSPS) is 24.2. The molecule has 0 bridgehead atoms. The average Bonchev–Trinajstić information content (AvgIpc) is 3.21. The van der Waals surface area contributed by atoms with Crippen LogP contribution in [0.2, 0.25) is 0 Å². The number of nitrogens with one attached hydrogen (secondary N) is 1. The van der Waals surface area contributed by atoms with Crippen LogP contribution in [-0.4, -0.2) is 54.5 Å². The fourth-order valence-electron chi connectivity index (χ4n) is 2.62. The minimum atomic E-state index is -3.06. The molecule has 0 radical (unpaired) electrons. The summed E-state index contributed by atoms with van der Waals surface area (Å²) in [6.45, 7) is -0.0161. The first kappa shape index (κ1) is 18.2. The molecule has 134 valence electrons. The minimum Gasteiger partial charge on any atom is -0.352 e. The quantitative estimate of drug-likeness (QED) is 0.752. The molecule has 1 aromatic heterocycles. The van der Waals surface area contributed by atoms with E-state index in [-0.39, 0.29) is 36.4 Å². The second kappa shape index (κ2) is 7.30. The molecule has 2 aliphatic heterocycles. The van der Waals surface area contributed by atoms with E-state index in [1.165, 1.54) is 11.3 Å². The summed E-state index contributed by atoms with van der Waals surface area (Å²) in [7, 11) is -3.06. The SMILES string of the molecule is O=C(CCN1C(=O)SC(=Cc2cccs2)C1=O)NC1CCS(=O)(=O)C1. The van der Waals surface area contributed by atoms with Gasteiger partial charge < -0.3 is 5.32 Å². The van der Waals surface area contributed by atoms with Gasteiger partial charge in [-0.25, -0.2) is 8.42 Å². The first-order chi connectivity index (χ1) is 11.8.